The van der Waals surface area contributed by atoms with E-state index in [9.17, 15) is 18.0 Å². The minimum atomic E-state index is -3.10. The number of ether oxygens (including phenoxy) is 2. The van der Waals surface area contributed by atoms with Gasteiger partial charge in [-0.15, -0.1) is 0 Å². The van der Waals surface area contributed by atoms with E-state index in [0.29, 0.717) is 12.2 Å². The number of esters is 1. The first-order valence-corrected chi connectivity index (χ1v) is 11.1. The predicted molar refractivity (Wildman–Crippen MR) is 99.1 cm³/mol. The van der Waals surface area contributed by atoms with E-state index in [-0.39, 0.29) is 42.7 Å². The molecule has 0 unspecified atom stereocenters. The summed E-state index contributed by atoms with van der Waals surface area (Å²) in [5.41, 5.74) is 0. The number of carbonyl (C=O) groups excluding carboxylic acids is 2. The molecule has 0 N–H and O–H groups in total. The Hall–Kier alpha value is -2.09. The zero-order valence-corrected chi connectivity index (χ0v) is 16.0. The lowest BCUT2D eigenvalue weighted by molar-refractivity contribution is -0.155. The van der Waals surface area contributed by atoms with Crippen molar-refractivity contribution < 1.29 is 27.5 Å². The van der Waals surface area contributed by atoms with Gasteiger partial charge in [-0.3, -0.25) is 4.79 Å². The van der Waals surface area contributed by atoms with Gasteiger partial charge < -0.3 is 14.4 Å². The van der Waals surface area contributed by atoms with Gasteiger partial charge >= 0.3 is 5.97 Å². The van der Waals surface area contributed by atoms with Crippen molar-refractivity contribution in [1.29, 1.82) is 0 Å². The van der Waals surface area contributed by atoms with Gasteiger partial charge in [0, 0.05) is 12.1 Å². The molecule has 8 heteroatoms. The summed E-state index contributed by atoms with van der Waals surface area (Å²) >= 11 is 0. The lowest BCUT2D eigenvalue weighted by atomic mass is 10.1. The number of hydrogen-bond donors (Lipinski definition) is 0. The van der Waals surface area contributed by atoms with Gasteiger partial charge in [-0.2, -0.15) is 0 Å². The third-order valence-electron chi connectivity index (χ3n) is 5.06. The van der Waals surface area contributed by atoms with E-state index in [1.807, 2.05) is 6.07 Å². The summed E-state index contributed by atoms with van der Waals surface area (Å²) in [6, 6.07) is 8.59. The molecule has 1 heterocycles. The molecule has 1 aromatic rings. The van der Waals surface area contributed by atoms with Crippen molar-refractivity contribution in [2.24, 2.45) is 0 Å². The highest BCUT2D eigenvalue weighted by molar-refractivity contribution is 7.91. The zero-order valence-electron chi connectivity index (χ0n) is 15.2. The molecule has 1 aliphatic carbocycles. The maximum Gasteiger partial charge on any atom is 0.344 e. The van der Waals surface area contributed by atoms with Crippen molar-refractivity contribution in [1.82, 2.24) is 4.90 Å². The van der Waals surface area contributed by atoms with Gasteiger partial charge in [0.05, 0.1) is 11.5 Å². The van der Waals surface area contributed by atoms with Crippen LogP contribution >= 0.6 is 0 Å². The number of para-hydroxylation sites is 1. The Kier molecular flexibility index (Phi) is 6.36. The summed E-state index contributed by atoms with van der Waals surface area (Å²) in [5.74, 6) is -0.293. The van der Waals surface area contributed by atoms with Crippen molar-refractivity contribution in [3.05, 3.63) is 30.3 Å². The van der Waals surface area contributed by atoms with Crippen LogP contribution in [0.5, 0.6) is 5.75 Å². The van der Waals surface area contributed by atoms with E-state index in [4.69, 9.17) is 9.47 Å². The lowest BCUT2D eigenvalue weighted by Gasteiger charge is -2.33. The van der Waals surface area contributed by atoms with Crippen LogP contribution in [0.15, 0.2) is 30.3 Å². The first kappa shape index (κ1) is 19.7. The average Bonchev–Trinajstić information content (AvgIpc) is 3.29. The summed E-state index contributed by atoms with van der Waals surface area (Å²) < 4.78 is 34.0. The molecule has 1 saturated carbocycles. The molecule has 27 heavy (non-hydrogen) atoms. The molecular formula is C19H25NO6S. The van der Waals surface area contributed by atoms with Crippen LogP contribution in [0.3, 0.4) is 0 Å². The van der Waals surface area contributed by atoms with E-state index < -0.39 is 15.8 Å². The number of carbonyl (C=O) groups is 2. The molecule has 1 amide bonds. The molecule has 0 aromatic heterocycles. The number of benzene rings is 1. The minimum Gasteiger partial charge on any atom is -0.482 e. The Balaban J connectivity index is 1.53. The van der Waals surface area contributed by atoms with Gasteiger partial charge in [0.15, 0.2) is 23.1 Å². The lowest BCUT2D eigenvalue weighted by Crippen LogP contribution is -2.48. The van der Waals surface area contributed by atoms with E-state index in [0.717, 1.165) is 25.7 Å². The molecule has 148 valence electrons. The maximum atomic E-state index is 12.7. The number of nitrogens with zero attached hydrogens (tertiary/aromatic N) is 1. The maximum absolute atomic E-state index is 12.7. The highest BCUT2D eigenvalue weighted by atomic mass is 32.2. The van der Waals surface area contributed by atoms with E-state index in [2.05, 4.69) is 0 Å². The van der Waals surface area contributed by atoms with Crippen molar-refractivity contribution in [2.45, 2.75) is 44.2 Å². The molecule has 3 rings (SSSR count). The van der Waals surface area contributed by atoms with Gasteiger partial charge in [0.1, 0.15) is 5.75 Å². The number of sulfone groups is 1. The predicted octanol–water partition coefficient (Wildman–Crippen LogP) is 1.57. The average molecular weight is 395 g/mol. The summed E-state index contributed by atoms with van der Waals surface area (Å²) in [7, 11) is -3.10. The highest BCUT2D eigenvalue weighted by Crippen LogP contribution is 2.29. The summed E-state index contributed by atoms with van der Waals surface area (Å²) in [6.45, 7) is -0.664. The molecule has 7 nitrogen and oxygen atoms in total. The molecule has 0 radical (unpaired) electrons. The minimum absolute atomic E-state index is 0.000302. The Labute approximate surface area is 159 Å². The fourth-order valence-corrected chi connectivity index (χ4v) is 5.51. The Morgan fingerprint density at radius 1 is 1.00 bits per heavy atom. The van der Waals surface area contributed by atoms with Gasteiger partial charge in [-0.25, -0.2) is 13.2 Å². The second kappa shape index (κ2) is 8.73. The van der Waals surface area contributed by atoms with Gasteiger partial charge in [0.25, 0.3) is 5.91 Å². The standard InChI is InChI=1S/C19H25NO6S/c21-18(12-26-19(22)13-25-17-8-2-1-3-9-17)20(15-6-4-5-7-15)16-10-11-27(23,24)14-16/h1-3,8-9,15-16H,4-7,10-14H2/t16-/m1/s1. The van der Waals surface area contributed by atoms with Crippen molar-refractivity contribution in [3.63, 3.8) is 0 Å². The topological polar surface area (TPSA) is 90.0 Å². The summed E-state index contributed by atoms with van der Waals surface area (Å²) in [5, 5.41) is 0. The van der Waals surface area contributed by atoms with Crippen LogP contribution in [-0.2, 0) is 24.2 Å². The molecule has 0 bridgehead atoms. The molecule has 1 saturated heterocycles. The van der Waals surface area contributed by atoms with Crippen molar-refractivity contribution in [3.8, 4) is 5.75 Å². The first-order valence-electron chi connectivity index (χ1n) is 9.30. The van der Waals surface area contributed by atoms with Crippen LogP contribution in [0.1, 0.15) is 32.1 Å². The second-order valence-electron chi connectivity index (χ2n) is 7.06. The number of hydrogen-bond acceptors (Lipinski definition) is 6. The zero-order chi connectivity index (χ0) is 19.3. The quantitative estimate of drug-likeness (QED) is 0.651. The van der Waals surface area contributed by atoms with Crippen LogP contribution in [0.4, 0.5) is 0 Å². The van der Waals surface area contributed by atoms with Gasteiger partial charge in [-0.05, 0) is 31.4 Å². The number of rotatable bonds is 7. The first-order chi connectivity index (χ1) is 12.9. The Morgan fingerprint density at radius 3 is 2.33 bits per heavy atom. The van der Waals surface area contributed by atoms with Gasteiger partial charge in [0.2, 0.25) is 0 Å². The molecule has 1 atom stereocenters. The van der Waals surface area contributed by atoms with E-state index >= 15 is 0 Å². The molecule has 1 aromatic carbocycles. The third kappa shape index (κ3) is 5.45. The van der Waals surface area contributed by atoms with Crippen LogP contribution in [0, 0.1) is 0 Å². The number of amides is 1. The summed E-state index contributed by atoms with van der Waals surface area (Å²) in [6.07, 6.45) is 4.24. The normalized spacial score (nSPS) is 21.7. The van der Waals surface area contributed by atoms with Crippen LogP contribution in [-0.4, -0.2) is 62.0 Å². The Morgan fingerprint density at radius 2 is 1.70 bits per heavy atom. The summed E-state index contributed by atoms with van der Waals surface area (Å²) in [4.78, 5) is 26.3. The third-order valence-corrected chi connectivity index (χ3v) is 6.81. The van der Waals surface area contributed by atoms with Crippen molar-refractivity contribution in [2.75, 3.05) is 24.7 Å². The van der Waals surface area contributed by atoms with Crippen LogP contribution < -0.4 is 4.74 Å². The van der Waals surface area contributed by atoms with Crippen molar-refractivity contribution >= 4 is 21.7 Å². The molecule has 2 fully saturated rings. The van der Waals surface area contributed by atoms with Crippen LogP contribution in [0.25, 0.3) is 0 Å². The molecular weight excluding hydrogens is 370 g/mol. The second-order valence-corrected chi connectivity index (χ2v) is 9.29. The molecule has 1 aliphatic heterocycles. The van der Waals surface area contributed by atoms with E-state index in [1.54, 1.807) is 29.2 Å². The van der Waals surface area contributed by atoms with E-state index in [1.165, 1.54) is 0 Å². The van der Waals surface area contributed by atoms with Gasteiger partial charge in [-0.1, -0.05) is 31.0 Å². The van der Waals surface area contributed by atoms with Crippen LogP contribution in [0.2, 0.25) is 0 Å². The SMILES string of the molecule is O=C(COc1ccccc1)OCC(=O)N(C1CCCC1)[C@@H]1CCS(=O)(=O)C1. The molecule has 0 spiro atoms. The monoisotopic (exact) mass is 395 g/mol. The smallest absolute Gasteiger partial charge is 0.344 e. The Bertz CT molecular complexity index is 758. The fraction of sp³-hybridized carbons (Fsp3) is 0.579. The highest BCUT2D eigenvalue weighted by Gasteiger charge is 2.39. The fourth-order valence-electron chi connectivity index (χ4n) is 3.80. The largest absolute Gasteiger partial charge is 0.482 e. The molecule has 2 aliphatic rings.